The van der Waals surface area contributed by atoms with Crippen LogP contribution in [-0.4, -0.2) is 48.6 Å². The van der Waals surface area contributed by atoms with E-state index in [1.54, 1.807) is 60.8 Å². The highest BCUT2D eigenvalue weighted by atomic mass is 16.5. The molecule has 2 N–H and O–H groups in total. The molecule has 1 heterocycles. The van der Waals surface area contributed by atoms with E-state index >= 15 is 0 Å². The number of rotatable bonds is 12. The first-order chi connectivity index (χ1) is 21.4. The lowest BCUT2D eigenvalue weighted by atomic mass is 10.1. The van der Waals surface area contributed by atoms with Crippen LogP contribution < -0.4 is 24.8 Å². The van der Waals surface area contributed by atoms with Gasteiger partial charge in [0.05, 0.1) is 19.2 Å². The highest BCUT2D eigenvalue weighted by Gasteiger charge is 2.26. The highest BCUT2D eigenvalue weighted by molar-refractivity contribution is 6.04. The van der Waals surface area contributed by atoms with E-state index in [1.165, 1.54) is 14.0 Å². The van der Waals surface area contributed by atoms with Crippen molar-refractivity contribution < 1.29 is 33.3 Å². The quantitative estimate of drug-likeness (QED) is 0.189. The van der Waals surface area contributed by atoms with Crippen LogP contribution in [0, 0.1) is 0 Å². The number of carbonyl (C=O) groups excluding carboxylic acids is 3. The SMILES string of the molecule is COc1cc2c(Oc3ccc(NC(=O)c4ccccc4)cc3)ccnc2cc1OCCC(NC(C)=O)C(=O)OC1CCCC1. The van der Waals surface area contributed by atoms with Crippen LogP contribution in [0.25, 0.3) is 10.9 Å². The lowest BCUT2D eigenvalue weighted by Gasteiger charge is -2.20. The second-order valence-corrected chi connectivity index (χ2v) is 10.5. The molecule has 0 spiro atoms. The highest BCUT2D eigenvalue weighted by Crippen LogP contribution is 2.37. The van der Waals surface area contributed by atoms with Crippen molar-refractivity contribution in [1.82, 2.24) is 10.3 Å². The van der Waals surface area contributed by atoms with E-state index in [0.29, 0.717) is 45.2 Å². The minimum absolute atomic E-state index is 0.0961. The third-order valence-electron chi connectivity index (χ3n) is 7.27. The molecule has 10 heteroatoms. The summed E-state index contributed by atoms with van der Waals surface area (Å²) in [4.78, 5) is 41.4. The van der Waals surface area contributed by atoms with Gasteiger partial charge in [-0.3, -0.25) is 14.6 Å². The molecule has 2 amide bonds. The molecule has 0 aliphatic heterocycles. The van der Waals surface area contributed by atoms with E-state index < -0.39 is 12.0 Å². The molecule has 1 unspecified atom stereocenters. The maximum atomic E-state index is 12.7. The van der Waals surface area contributed by atoms with Crippen molar-refractivity contribution in [1.29, 1.82) is 0 Å². The molecule has 0 radical (unpaired) electrons. The number of pyridine rings is 1. The van der Waals surface area contributed by atoms with Gasteiger partial charge < -0.3 is 29.6 Å². The zero-order valence-electron chi connectivity index (χ0n) is 24.7. The fraction of sp³-hybridized carbons (Fsp3) is 0.294. The molecular weight excluding hydrogens is 562 g/mol. The molecule has 228 valence electrons. The number of aromatic nitrogens is 1. The lowest BCUT2D eigenvalue weighted by Crippen LogP contribution is -2.42. The van der Waals surface area contributed by atoms with Gasteiger partial charge in [-0.25, -0.2) is 4.79 Å². The van der Waals surface area contributed by atoms with Crippen LogP contribution in [0.1, 0.15) is 49.4 Å². The van der Waals surface area contributed by atoms with Crippen molar-refractivity contribution in [2.45, 2.75) is 51.2 Å². The van der Waals surface area contributed by atoms with E-state index in [0.717, 1.165) is 25.7 Å². The average Bonchev–Trinajstić information content (AvgIpc) is 3.54. The predicted molar refractivity (Wildman–Crippen MR) is 165 cm³/mol. The maximum Gasteiger partial charge on any atom is 0.329 e. The number of nitrogens with zero attached hydrogens (tertiary/aromatic N) is 1. The van der Waals surface area contributed by atoms with Gasteiger partial charge in [0, 0.05) is 42.2 Å². The second-order valence-electron chi connectivity index (χ2n) is 10.5. The summed E-state index contributed by atoms with van der Waals surface area (Å²) in [5.74, 6) is 1.07. The Morgan fingerprint density at radius 1 is 0.932 bits per heavy atom. The molecule has 1 aromatic heterocycles. The van der Waals surface area contributed by atoms with Crippen LogP contribution >= 0.6 is 0 Å². The zero-order valence-corrected chi connectivity index (χ0v) is 24.7. The van der Waals surface area contributed by atoms with Crippen molar-refractivity contribution >= 4 is 34.4 Å². The van der Waals surface area contributed by atoms with E-state index in [-0.39, 0.29) is 30.9 Å². The molecule has 1 aliphatic rings. The Morgan fingerprint density at radius 3 is 2.39 bits per heavy atom. The number of hydrogen-bond acceptors (Lipinski definition) is 8. The van der Waals surface area contributed by atoms with Crippen LogP contribution in [0.2, 0.25) is 0 Å². The van der Waals surface area contributed by atoms with E-state index in [1.807, 2.05) is 18.2 Å². The minimum Gasteiger partial charge on any atom is -0.493 e. The number of anilines is 1. The molecule has 5 rings (SSSR count). The monoisotopic (exact) mass is 597 g/mol. The lowest BCUT2D eigenvalue weighted by molar-refractivity contribution is -0.153. The molecule has 1 aliphatic carbocycles. The number of ether oxygens (including phenoxy) is 4. The molecule has 0 bridgehead atoms. The van der Waals surface area contributed by atoms with Crippen molar-refractivity contribution in [2.24, 2.45) is 0 Å². The Bertz CT molecular complexity index is 1600. The third-order valence-corrected chi connectivity index (χ3v) is 7.27. The Balaban J connectivity index is 1.24. The summed E-state index contributed by atoms with van der Waals surface area (Å²) in [6.07, 6.45) is 5.53. The average molecular weight is 598 g/mol. The summed E-state index contributed by atoms with van der Waals surface area (Å²) in [6.45, 7) is 1.50. The summed E-state index contributed by atoms with van der Waals surface area (Å²) in [6, 6.07) is 20.5. The Morgan fingerprint density at radius 2 is 1.68 bits per heavy atom. The molecule has 1 atom stereocenters. The first kappa shape index (κ1) is 30.3. The number of methoxy groups -OCH3 is 1. The standard InChI is InChI=1S/C34H35N3O7/c1-22(38)36-28(34(40)44-25-10-6-7-11-25)17-19-42-32-21-29-27(20-31(32)41-2)30(16-18-35-29)43-26-14-12-24(13-15-26)37-33(39)23-8-4-3-5-9-23/h3-5,8-9,12-16,18,20-21,25,28H,6-7,10-11,17,19H2,1-2H3,(H,36,38)(H,37,39). The van der Waals surface area contributed by atoms with Crippen LogP contribution in [0.5, 0.6) is 23.0 Å². The molecule has 10 nitrogen and oxygen atoms in total. The first-order valence-electron chi connectivity index (χ1n) is 14.6. The topological polar surface area (TPSA) is 125 Å². The summed E-state index contributed by atoms with van der Waals surface area (Å²) in [5.41, 5.74) is 1.83. The molecule has 4 aromatic rings. The fourth-order valence-corrected chi connectivity index (χ4v) is 5.05. The van der Waals surface area contributed by atoms with Crippen LogP contribution in [0.4, 0.5) is 5.69 Å². The predicted octanol–water partition coefficient (Wildman–Crippen LogP) is 6.05. The number of fused-ring (bicyclic) bond motifs is 1. The fourth-order valence-electron chi connectivity index (χ4n) is 5.05. The van der Waals surface area contributed by atoms with Gasteiger partial charge >= 0.3 is 5.97 Å². The van der Waals surface area contributed by atoms with Crippen molar-refractivity contribution in [3.63, 3.8) is 0 Å². The summed E-state index contributed by atoms with van der Waals surface area (Å²) < 4.78 is 23.4. The van der Waals surface area contributed by atoms with Gasteiger partial charge in [0.25, 0.3) is 5.91 Å². The summed E-state index contributed by atoms with van der Waals surface area (Å²) >= 11 is 0. The first-order valence-corrected chi connectivity index (χ1v) is 14.6. The van der Waals surface area contributed by atoms with Gasteiger partial charge in [0.2, 0.25) is 5.91 Å². The van der Waals surface area contributed by atoms with E-state index in [4.69, 9.17) is 18.9 Å². The summed E-state index contributed by atoms with van der Waals surface area (Å²) in [7, 11) is 1.53. The summed E-state index contributed by atoms with van der Waals surface area (Å²) in [5, 5.41) is 6.25. The molecule has 1 saturated carbocycles. The van der Waals surface area contributed by atoms with Gasteiger partial charge in [0.15, 0.2) is 11.5 Å². The molecule has 0 saturated heterocycles. The third kappa shape index (κ3) is 7.83. The smallest absolute Gasteiger partial charge is 0.329 e. The van der Waals surface area contributed by atoms with Crippen molar-refractivity contribution in [3.05, 3.63) is 84.6 Å². The van der Waals surface area contributed by atoms with Crippen LogP contribution in [-0.2, 0) is 14.3 Å². The van der Waals surface area contributed by atoms with Crippen LogP contribution in [0.15, 0.2) is 79.0 Å². The van der Waals surface area contributed by atoms with Gasteiger partial charge in [0.1, 0.15) is 23.6 Å². The number of esters is 1. The number of nitrogens with one attached hydrogen (secondary N) is 2. The molecular formula is C34H35N3O7. The van der Waals surface area contributed by atoms with Gasteiger partial charge in [-0.1, -0.05) is 18.2 Å². The van der Waals surface area contributed by atoms with Crippen molar-refractivity contribution in [3.8, 4) is 23.0 Å². The second kappa shape index (κ2) is 14.4. The maximum absolute atomic E-state index is 12.7. The minimum atomic E-state index is -0.810. The molecule has 44 heavy (non-hydrogen) atoms. The van der Waals surface area contributed by atoms with Crippen molar-refractivity contribution in [2.75, 3.05) is 19.0 Å². The molecule has 1 fully saturated rings. The van der Waals surface area contributed by atoms with E-state index in [9.17, 15) is 14.4 Å². The van der Waals surface area contributed by atoms with Gasteiger partial charge in [-0.2, -0.15) is 0 Å². The number of amides is 2. The Labute approximate surface area is 255 Å². The van der Waals surface area contributed by atoms with E-state index in [2.05, 4.69) is 15.6 Å². The normalized spacial score (nSPS) is 13.6. The number of carbonyl (C=O) groups is 3. The number of hydrogen-bond donors (Lipinski definition) is 2. The molecule has 3 aromatic carbocycles. The van der Waals surface area contributed by atoms with Crippen LogP contribution in [0.3, 0.4) is 0 Å². The Hall–Kier alpha value is -5.12. The number of benzene rings is 3. The van der Waals surface area contributed by atoms with Gasteiger partial charge in [-0.05, 0) is 74.2 Å². The Kier molecular flexibility index (Phi) is 9.91. The zero-order chi connectivity index (χ0) is 30.9. The largest absolute Gasteiger partial charge is 0.493 e. The van der Waals surface area contributed by atoms with Gasteiger partial charge in [-0.15, -0.1) is 0 Å².